The molecule has 0 saturated carbocycles. The molecule has 0 aliphatic rings. The highest BCUT2D eigenvalue weighted by Gasteiger charge is 2.26. The van der Waals surface area contributed by atoms with Crippen LogP contribution in [0.2, 0.25) is 0 Å². The first-order valence-electron chi connectivity index (χ1n) is 10.3. The SMILES string of the molecule is CCCCNc1ncnc2[nH]cc(C(=O)c3c(F)ccc(NSc4ccccc4F)c3F)c12. The third-order valence-corrected chi connectivity index (χ3v) is 5.84. The fourth-order valence-electron chi connectivity index (χ4n) is 3.27. The van der Waals surface area contributed by atoms with Crippen LogP contribution in [0, 0.1) is 17.5 Å². The Balaban J connectivity index is 1.68. The normalized spacial score (nSPS) is 11.0. The van der Waals surface area contributed by atoms with Crippen LogP contribution in [0.5, 0.6) is 0 Å². The van der Waals surface area contributed by atoms with E-state index in [4.69, 9.17) is 0 Å². The predicted octanol–water partition coefficient (Wildman–Crippen LogP) is 5.94. The van der Waals surface area contributed by atoms with Gasteiger partial charge in [-0.1, -0.05) is 25.5 Å². The Hall–Kier alpha value is -3.53. The number of hydrogen-bond donors (Lipinski definition) is 3. The number of nitrogens with zero attached hydrogens (tertiary/aromatic N) is 2. The molecule has 0 aliphatic heterocycles. The molecule has 4 aromatic rings. The molecule has 33 heavy (non-hydrogen) atoms. The fraction of sp³-hybridized carbons (Fsp3) is 0.174. The molecule has 170 valence electrons. The summed E-state index contributed by atoms with van der Waals surface area (Å²) in [5.74, 6) is -3.02. The molecule has 3 N–H and O–H groups in total. The molecule has 0 amide bonds. The smallest absolute Gasteiger partial charge is 0.201 e. The molecule has 0 saturated heterocycles. The molecular formula is C23H20F3N5OS. The molecule has 6 nitrogen and oxygen atoms in total. The lowest BCUT2D eigenvalue weighted by atomic mass is 10.0. The van der Waals surface area contributed by atoms with Crippen LogP contribution in [0.3, 0.4) is 0 Å². The summed E-state index contributed by atoms with van der Waals surface area (Å²) in [6.45, 7) is 2.66. The molecule has 2 heterocycles. The van der Waals surface area contributed by atoms with E-state index in [1.165, 1.54) is 30.7 Å². The van der Waals surface area contributed by atoms with E-state index in [0.29, 0.717) is 23.4 Å². The number of unbranched alkanes of at least 4 members (excludes halogenated alkanes) is 1. The standard InChI is InChI=1S/C23H20F3N5OS/c1-2-3-10-27-22-18-13(11-28-23(18)30-12-29-22)21(32)19-15(25)8-9-16(20(19)26)31-33-17-7-5-4-6-14(17)24/h4-9,11-12,31H,2-3,10H2,1H3,(H2,27,28,29,30). The molecule has 0 aliphatic carbocycles. The van der Waals surface area contributed by atoms with Crippen molar-refractivity contribution < 1.29 is 18.0 Å². The van der Waals surface area contributed by atoms with Crippen molar-refractivity contribution in [1.29, 1.82) is 0 Å². The van der Waals surface area contributed by atoms with Crippen molar-refractivity contribution in [1.82, 2.24) is 15.0 Å². The van der Waals surface area contributed by atoms with Crippen molar-refractivity contribution in [3.05, 3.63) is 77.5 Å². The van der Waals surface area contributed by atoms with Crippen molar-refractivity contribution in [2.24, 2.45) is 0 Å². The number of carbonyl (C=O) groups excluding carboxylic acids is 1. The summed E-state index contributed by atoms with van der Waals surface area (Å²) in [7, 11) is 0. The lowest BCUT2D eigenvalue weighted by Crippen LogP contribution is -2.10. The average Bonchev–Trinajstić information content (AvgIpc) is 3.25. The van der Waals surface area contributed by atoms with Gasteiger partial charge in [0.25, 0.3) is 0 Å². The van der Waals surface area contributed by atoms with Gasteiger partial charge in [-0.15, -0.1) is 0 Å². The Morgan fingerprint density at radius 1 is 1.09 bits per heavy atom. The third-order valence-electron chi connectivity index (χ3n) is 4.96. The van der Waals surface area contributed by atoms with Gasteiger partial charge in [-0.2, -0.15) is 0 Å². The van der Waals surface area contributed by atoms with Crippen LogP contribution in [-0.4, -0.2) is 27.3 Å². The number of hydrogen-bond acceptors (Lipinski definition) is 6. The van der Waals surface area contributed by atoms with Crippen molar-refractivity contribution in [3.8, 4) is 0 Å². The Kier molecular flexibility index (Phi) is 6.83. The first-order chi connectivity index (χ1) is 16.0. The van der Waals surface area contributed by atoms with Gasteiger partial charge in [0.1, 0.15) is 29.4 Å². The zero-order chi connectivity index (χ0) is 23.4. The van der Waals surface area contributed by atoms with E-state index >= 15 is 4.39 Å². The van der Waals surface area contributed by atoms with Crippen LogP contribution in [-0.2, 0) is 0 Å². The molecule has 10 heteroatoms. The number of rotatable bonds is 9. The van der Waals surface area contributed by atoms with Gasteiger partial charge in [-0.3, -0.25) is 4.79 Å². The first-order valence-corrected chi connectivity index (χ1v) is 11.1. The van der Waals surface area contributed by atoms with Gasteiger partial charge < -0.3 is 15.0 Å². The molecule has 0 radical (unpaired) electrons. The van der Waals surface area contributed by atoms with Gasteiger partial charge in [0.2, 0.25) is 5.78 Å². The number of fused-ring (bicyclic) bond motifs is 1. The topological polar surface area (TPSA) is 82.7 Å². The van der Waals surface area contributed by atoms with Crippen molar-refractivity contribution in [3.63, 3.8) is 0 Å². The second kappa shape index (κ2) is 9.95. The number of benzene rings is 2. The van der Waals surface area contributed by atoms with Gasteiger partial charge in [0.05, 0.1) is 27.1 Å². The number of aromatic nitrogens is 3. The number of nitrogens with one attached hydrogen (secondary N) is 3. The molecule has 4 rings (SSSR count). The highest BCUT2D eigenvalue weighted by molar-refractivity contribution is 8.00. The average molecular weight is 472 g/mol. The van der Waals surface area contributed by atoms with Gasteiger partial charge in [0.15, 0.2) is 5.82 Å². The minimum Gasteiger partial charge on any atom is -0.369 e. The van der Waals surface area contributed by atoms with Crippen LogP contribution in [0.15, 0.2) is 53.8 Å². The van der Waals surface area contributed by atoms with Gasteiger partial charge in [-0.25, -0.2) is 23.1 Å². The summed E-state index contributed by atoms with van der Waals surface area (Å²) >= 11 is 0.819. The van der Waals surface area contributed by atoms with Gasteiger partial charge >= 0.3 is 0 Å². The zero-order valence-electron chi connectivity index (χ0n) is 17.6. The molecule has 0 spiro atoms. The quantitative estimate of drug-likeness (QED) is 0.159. The van der Waals surface area contributed by atoms with Crippen LogP contribution in [0.1, 0.15) is 35.7 Å². The summed E-state index contributed by atoms with van der Waals surface area (Å²) < 4.78 is 46.4. The predicted molar refractivity (Wildman–Crippen MR) is 123 cm³/mol. The van der Waals surface area contributed by atoms with Gasteiger partial charge in [0, 0.05) is 12.7 Å². The molecular weight excluding hydrogens is 451 g/mol. The number of halogens is 3. The summed E-state index contributed by atoms with van der Waals surface area (Å²) in [6.07, 6.45) is 4.55. The van der Waals surface area contributed by atoms with Crippen molar-refractivity contribution >= 4 is 40.3 Å². The van der Waals surface area contributed by atoms with E-state index in [1.54, 1.807) is 6.07 Å². The van der Waals surface area contributed by atoms with E-state index in [0.717, 1.165) is 36.9 Å². The van der Waals surface area contributed by atoms with E-state index < -0.39 is 28.8 Å². The maximum Gasteiger partial charge on any atom is 0.201 e. The molecule has 0 bridgehead atoms. The summed E-state index contributed by atoms with van der Waals surface area (Å²) in [5, 5.41) is 3.50. The highest BCUT2D eigenvalue weighted by atomic mass is 32.2. The van der Waals surface area contributed by atoms with Crippen LogP contribution < -0.4 is 10.0 Å². The van der Waals surface area contributed by atoms with Crippen LogP contribution >= 0.6 is 11.9 Å². The maximum absolute atomic E-state index is 15.2. The number of carbonyl (C=O) groups is 1. The lowest BCUT2D eigenvalue weighted by Gasteiger charge is -2.11. The minimum atomic E-state index is -1.07. The van der Waals surface area contributed by atoms with E-state index in [1.807, 2.05) is 6.92 Å². The van der Waals surface area contributed by atoms with Crippen LogP contribution in [0.25, 0.3) is 11.0 Å². The van der Waals surface area contributed by atoms with Gasteiger partial charge in [-0.05, 0) is 42.6 Å². The Labute approximate surface area is 192 Å². The summed E-state index contributed by atoms with van der Waals surface area (Å²) in [4.78, 5) is 24.6. The molecule has 0 atom stereocenters. The number of H-pyrrole nitrogens is 1. The second-order valence-corrected chi connectivity index (χ2v) is 8.02. The van der Waals surface area contributed by atoms with Crippen LogP contribution in [0.4, 0.5) is 24.7 Å². The van der Waals surface area contributed by atoms with E-state index in [-0.39, 0.29) is 16.1 Å². The second-order valence-electron chi connectivity index (χ2n) is 7.18. The monoisotopic (exact) mass is 471 g/mol. The minimum absolute atomic E-state index is 0.0429. The Morgan fingerprint density at radius 3 is 2.70 bits per heavy atom. The highest BCUT2D eigenvalue weighted by Crippen LogP contribution is 2.31. The molecule has 0 fully saturated rings. The van der Waals surface area contributed by atoms with Crippen molar-refractivity contribution in [2.45, 2.75) is 24.7 Å². The number of ketones is 1. The maximum atomic E-state index is 15.2. The largest absolute Gasteiger partial charge is 0.369 e. The lowest BCUT2D eigenvalue weighted by molar-refractivity contribution is 0.103. The number of anilines is 2. The van der Waals surface area contributed by atoms with Crippen molar-refractivity contribution in [2.75, 3.05) is 16.6 Å². The molecule has 2 aromatic carbocycles. The third kappa shape index (κ3) is 4.65. The Bertz CT molecular complexity index is 1310. The molecule has 2 aromatic heterocycles. The first kappa shape index (κ1) is 22.7. The van der Waals surface area contributed by atoms with E-state index in [9.17, 15) is 13.6 Å². The fourth-order valence-corrected chi connectivity index (χ4v) is 3.96. The van der Waals surface area contributed by atoms with E-state index in [2.05, 4.69) is 25.0 Å². The summed E-state index contributed by atoms with van der Waals surface area (Å²) in [5.41, 5.74) is -0.456. The molecule has 0 unspecified atom stereocenters. The summed E-state index contributed by atoms with van der Waals surface area (Å²) in [6, 6.07) is 8.10. The number of aromatic amines is 1. The Morgan fingerprint density at radius 2 is 1.91 bits per heavy atom. The zero-order valence-corrected chi connectivity index (χ0v) is 18.4.